The predicted molar refractivity (Wildman–Crippen MR) is 53.4 cm³/mol. The number of hydrogen-bond donors (Lipinski definition) is 1. The number of rotatable bonds is 6. The van der Waals surface area contributed by atoms with Gasteiger partial charge in [0, 0.05) is 7.11 Å². The molecular weight excluding hydrogens is 184 g/mol. The zero-order valence-electron chi connectivity index (χ0n) is 9.59. The van der Waals surface area contributed by atoms with E-state index in [0.29, 0.717) is 0 Å². The molecule has 4 nitrogen and oxygen atoms in total. The van der Waals surface area contributed by atoms with Crippen molar-refractivity contribution in [2.75, 3.05) is 13.7 Å². The second-order valence-corrected chi connectivity index (χ2v) is 4.11. The van der Waals surface area contributed by atoms with Crippen molar-refractivity contribution in [1.82, 2.24) is 0 Å². The van der Waals surface area contributed by atoms with Gasteiger partial charge in [0.2, 0.25) is 0 Å². The van der Waals surface area contributed by atoms with E-state index in [1.54, 1.807) is 7.11 Å². The number of carboxylic acids is 1. The molecule has 0 bridgehead atoms. The van der Waals surface area contributed by atoms with Crippen LogP contribution in [-0.4, -0.2) is 36.0 Å². The third-order valence-corrected chi connectivity index (χ3v) is 2.49. The molecule has 0 aliphatic heterocycles. The summed E-state index contributed by atoms with van der Waals surface area (Å²) in [5.74, 6) is -0.966. The van der Waals surface area contributed by atoms with Crippen molar-refractivity contribution < 1.29 is 19.4 Å². The van der Waals surface area contributed by atoms with E-state index in [1.165, 1.54) is 13.8 Å². The SMILES string of the molecule is CCC(C)(COC(C)(C)C(=O)O)OC. The molecule has 0 aromatic heterocycles. The molecular formula is C10H20O4. The summed E-state index contributed by atoms with van der Waals surface area (Å²) in [6.45, 7) is 7.20. The van der Waals surface area contributed by atoms with E-state index in [0.717, 1.165) is 6.42 Å². The Hall–Kier alpha value is -0.610. The van der Waals surface area contributed by atoms with Crippen molar-refractivity contribution in [2.24, 2.45) is 0 Å². The van der Waals surface area contributed by atoms with Gasteiger partial charge in [0.25, 0.3) is 0 Å². The van der Waals surface area contributed by atoms with Crippen LogP contribution in [0.5, 0.6) is 0 Å². The fourth-order valence-electron chi connectivity index (χ4n) is 0.700. The second-order valence-electron chi connectivity index (χ2n) is 4.11. The minimum Gasteiger partial charge on any atom is -0.479 e. The Morgan fingerprint density at radius 1 is 1.36 bits per heavy atom. The van der Waals surface area contributed by atoms with E-state index in [2.05, 4.69) is 0 Å². The first kappa shape index (κ1) is 13.4. The highest BCUT2D eigenvalue weighted by Gasteiger charge is 2.32. The van der Waals surface area contributed by atoms with Crippen molar-refractivity contribution in [3.8, 4) is 0 Å². The van der Waals surface area contributed by atoms with Gasteiger partial charge in [0.1, 0.15) is 0 Å². The van der Waals surface area contributed by atoms with Crippen LogP contribution in [0.1, 0.15) is 34.1 Å². The first-order chi connectivity index (χ1) is 6.27. The molecule has 0 aromatic rings. The molecule has 0 radical (unpaired) electrons. The number of hydrogen-bond acceptors (Lipinski definition) is 3. The Labute approximate surface area is 85.2 Å². The zero-order chi connectivity index (χ0) is 11.4. The lowest BCUT2D eigenvalue weighted by molar-refractivity contribution is -0.171. The average Bonchev–Trinajstić information content (AvgIpc) is 2.14. The number of carbonyl (C=O) groups is 1. The summed E-state index contributed by atoms with van der Waals surface area (Å²) < 4.78 is 10.6. The molecule has 84 valence electrons. The van der Waals surface area contributed by atoms with Crippen LogP contribution in [0, 0.1) is 0 Å². The van der Waals surface area contributed by atoms with Crippen LogP contribution in [0.25, 0.3) is 0 Å². The van der Waals surface area contributed by atoms with Crippen LogP contribution in [0.15, 0.2) is 0 Å². The van der Waals surface area contributed by atoms with Crippen LogP contribution in [-0.2, 0) is 14.3 Å². The summed E-state index contributed by atoms with van der Waals surface area (Å²) in [4.78, 5) is 10.7. The molecule has 1 unspecified atom stereocenters. The Bertz CT molecular complexity index is 194. The van der Waals surface area contributed by atoms with E-state index >= 15 is 0 Å². The van der Waals surface area contributed by atoms with Crippen molar-refractivity contribution >= 4 is 5.97 Å². The predicted octanol–water partition coefficient (Wildman–Crippen LogP) is 1.68. The van der Waals surface area contributed by atoms with E-state index in [1.807, 2.05) is 13.8 Å². The van der Waals surface area contributed by atoms with Gasteiger partial charge in [-0.25, -0.2) is 4.79 Å². The van der Waals surface area contributed by atoms with Gasteiger partial charge < -0.3 is 14.6 Å². The highest BCUT2D eigenvalue weighted by atomic mass is 16.6. The van der Waals surface area contributed by atoms with E-state index in [-0.39, 0.29) is 6.61 Å². The fraction of sp³-hybridized carbons (Fsp3) is 0.900. The first-order valence-corrected chi connectivity index (χ1v) is 4.70. The molecule has 0 rings (SSSR count). The van der Waals surface area contributed by atoms with E-state index < -0.39 is 17.2 Å². The number of carboxylic acid groups (broad SMARTS) is 1. The maximum atomic E-state index is 10.7. The van der Waals surface area contributed by atoms with Gasteiger partial charge in [-0.2, -0.15) is 0 Å². The molecule has 0 fully saturated rings. The number of ether oxygens (including phenoxy) is 2. The van der Waals surface area contributed by atoms with Crippen LogP contribution >= 0.6 is 0 Å². The summed E-state index contributed by atoms with van der Waals surface area (Å²) in [5, 5.41) is 8.82. The van der Waals surface area contributed by atoms with Crippen LogP contribution in [0.2, 0.25) is 0 Å². The molecule has 0 heterocycles. The monoisotopic (exact) mass is 204 g/mol. The molecule has 0 spiro atoms. The summed E-state index contributed by atoms with van der Waals surface area (Å²) in [6, 6.07) is 0. The van der Waals surface area contributed by atoms with Crippen molar-refractivity contribution in [3.63, 3.8) is 0 Å². The quantitative estimate of drug-likeness (QED) is 0.715. The van der Waals surface area contributed by atoms with Crippen molar-refractivity contribution in [1.29, 1.82) is 0 Å². The topological polar surface area (TPSA) is 55.8 Å². The summed E-state index contributed by atoms with van der Waals surface area (Å²) in [6.07, 6.45) is 0.777. The average molecular weight is 204 g/mol. The maximum absolute atomic E-state index is 10.7. The summed E-state index contributed by atoms with van der Waals surface area (Å²) >= 11 is 0. The van der Waals surface area contributed by atoms with Crippen LogP contribution in [0.4, 0.5) is 0 Å². The summed E-state index contributed by atoms with van der Waals surface area (Å²) in [5.41, 5.74) is -1.57. The third-order valence-electron chi connectivity index (χ3n) is 2.49. The maximum Gasteiger partial charge on any atom is 0.335 e. The molecule has 0 aliphatic carbocycles. The molecule has 1 atom stereocenters. The lowest BCUT2D eigenvalue weighted by Gasteiger charge is -2.30. The Morgan fingerprint density at radius 2 is 1.86 bits per heavy atom. The zero-order valence-corrected chi connectivity index (χ0v) is 9.59. The number of aliphatic carboxylic acids is 1. The smallest absolute Gasteiger partial charge is 0.335 e. The van der Waals surface area contributed by atoms with Crippen molar-refractivity contribution in [2.45, 2.75) is 45.3 Å². The number of methoxy groups -OCH3 is 1. The second kappa shape index (κ2) is 4.75. The largest absolute Gasteiger partial charge is 0.479 e. The molecule has 0 saturated heterocycles. The van der Waals surface area contributed by atoms with Gasteiger partial charge in [-0.1, -0.05) is 6.92 Å². The molecule has 0 amide bonds. The molecule has 0 aliphatic rings. The minimum atomic E-state index is -1.16. The Balaban J connectivity index is 4.23. The fourth-order valence-corrected chi connectivity index (χ4v) is 0.700. The third kappa shape index (κ3) is 3.64. The molecule has 0 saturated carbocycles. The highest BCUT2D eigenvalue weighted by Crippen LogP contribution is 2.18. The highest BCUT2D eigenvalue weighted by molar-refractivity contribution is 5.76. The lowest BCUT2D eigenvalue weighted by Crippen LogP contribution is -2.41. The van der Waals surface area contributed by atoms with Gasteiger partial charge >= 0.3 is 5.97 Å². The van der Waals surface area contributed by atoms with Gasteiger partial charge in [0.05, 0.1) is 12.2 Å². The molecule has 14 heavy (non-hydrogen) atoms. The van der Waals surface area contributed by atoms with Gasteiger partial charge in [0.15, 0.2) is 5.60 Å². The van der Waals surface area contributed by atoms with Gasteiger partial charge in [-0.15, -0.1) is 0 Å². The molecule has 4 heteroatoms. The molecule has 1 N–H and O–H groups in total. The Morgan fingerprint density at radius 3 is 2.14 bits per heavy atom. The normalized spacial score (nSPS) is 16.4. The first-order valence-electron chi connectivity index (χ1n) is 4.70. The summed E-state index contributed by atoms with van der Waals surface area (Å²) in [7, 11) is 1.60. The van der Waals surface area contributed by atoms with Crippen LogP contribution < -0.4 is 0 Å². The van der Waals surface area contributed by atoms with E-state index in [4.69, 9.17) is 14.6 Å². The van der Waals surface area contributed by atoms with Crippen LogP contribution in [0.3, 0.4) is 0 Å². The van der Waals surface area contributed by atoms with E-state index in [9.17, 15) is 4.79 Å². The standard InChI is InChI=1S/C10H20O4/c1-6-10(4,13-5)7-14-9(2,3)8(11)12/h6-7H2,1-5H3,(H,11,12). The van der Waals surface area contributed by atoms with Gasteiger partial charge in [-0.3, -0.25) is 0 Å². The lowest BCUT2D eigenvalue weighted by atomic mass is 10.0. The molecule has 0 aromatic carbocycles. The van der Waals surface area contributed by atoms with Gasteiger partial charge in [-0.05, 0) is 27.2 Å². The Kier molecular flexibility index (Phi) is 4.55. The minimum absolute atomic E-state index is 0.277. The van der Waals surface area contributed by atoms with Crippen molar-refractivity contribution in [3.05, 3.63) is 0 Å².